The first-order chi connectivity index (χ1) is 19.0. The van der Waals surface area contributed by atoms with Gasteiger partial charge in [-0.1, -0.05) is 73.8 Å². The smallest absolute Gasteiger partial charge is 0.114 e. The molecule has 0 amide bonds. The van der Waals surface area contributed by atoms with Gasteiger partial charge in [0, 0.05) is 29.7 Å². The normalized spacial score (nSPS) is 19.3. The van der Waals surface area contributed by atoms with Crippen molar-refractivity contribution < 1.29 is 0 Å². The van der Waals surface area contributed by atoms with E-state index in [1.807, 2.05) is 30.3 Å². The predicted octanol–water partition coefficient (Wildman–Crippen LogP) is 7.06. The van der Waals surface area contributed by atoms with Gasteiger partial charge in [0.25, 0.3) is 0 Å². The van der Waals surface area contributed by atoms with E-state index >= 15 is 0 Å². The van der Waals surface area contributed by atoms with E-state index in [1.165, 1.54) is 31.2 Å². The number of likely N-dealkylation sites (tertiary alicyclic amines) is 1. The highest BCUT2D eigenvalue weighted by molar-refractivity contribution is 6.35. The Labute approximate surface area is 243 Å². The van der Waals surface area contributed by atoms with Crippen LogP contribution in [-0.4, -0.2) is 42.3 Å². The molecule has 2 aromatic rings. The highest BCUT2D eigenvalue weighted by atomic mass is 35.5. The van der Waals surface area contributed by atoms with Crippen LogP contribution in [0.5, 0.6) is 0 Å². The molecule has 7 heteroatoms. The lowest BCUT2D eigenvalue weighted by atomic mass is 9.79. The van der Waals surface area contributed by atoms with E-state index in [0.717, 1.165) is 55.2 Å². The number of nitrogens with zero attached hydrogens (tertiary/aromatic N) is 3. The topological polar surface area (TPSA) is 77.4 Å². The van der Waals surface area contributed by atoms with Gasteiger partial charge >= 0.3 is 0 Å². The van der Waals surface area contributed by atoms with Gasteiger partial charge in [-0.2, -0.15) is 5.26 Å². The Bertz CT molecular complexity index is 1230. The number of benzene rings is 2. The summed E-state index contributed by atoms with van der Waals surface area (Å²) in [5.74, 6) is 0.765. The van der Waals surface area contributed by atoms with Gasteiger partial charge < -0.3 is 16.0 Å². The van der Waals surface area contributed by atoms with Gasteiger partial charge in [0.05, 0.1) is 29.8 Å². The molecule has 0 atom stereocenters. The van der Waals surface area contributed by atoms with Crippen molar-refractivity contribution >= 4 is 29.0 Å². The molecule has 3 N–H and O–H groups in total. The summed E-state index contributed by atoms with van der Waals surface area (Å²) in [5.41, 5.74) is 11.1. The Morgan fingerprint density at radius 1 is 1.15 bits per heavy atom. The number of allylic oxidation sites excluding steroid dienone is 3. The van der Waals surface area contributed by atoms with Crippen molar-refractivity contribution in [3.05, 3.63) is 82.5 Å². The second-order valence-electron chi connectivity index (χ2n) is 10.5. The van der Waals surface area contributed by atoms with Crippen LogP contribution in [0.15, 0.2) is 76.4 Å². The largest absolute Gasteiger partial charge is 0.386 e. The molecule has 0 aromatic heterocycles. The summed E-state index contributed by atoms with van der Waals surface area (Å²) in [7, 11) is 0. The van der Waals surface area contributed by atoms with E-state index in [9.17, 15) is 5.26 Å². The third-order valence-corrected chi connectivity index (χ3v) is 8.65. The number of piperidine rings is 1. The lowest BCUT2D eigenvalue weighted by Gasteiger charge is -2.45. The summed E-state index contributed by atoms with van der Waals surface area (Å²) < 4.78 is 0. The van der Waals surface area contributed by atoms with Crippen molar-refractivity contribution in [1.29, 1.82) is 5.26 Å². The summed E-state index contributed by atoms with van der Waals surface area (Å²) in [6, 6.07) is 19.5. The number of nitrogens with one attached hydrogen (secondary N) is 1. The number of hydrogen-bond donors (Lipinski definition) is 2. The molecule has 2 aromatic carbocycles. The van der Waals surface area contributed by atoms with E-state index in [0.29, 0.717) is 23.0 Å². The molecule has 2 aliphatic rings. The molecule has 2 fully saturated rings. The molecule has 0 unspecified atom stereocenters. The maximum atomic E-state index is 9.30. The van der Waals surface area contributed by atoms with Gasteiger partial charge in [0.2, 0.25) is 0 Å². The van der Waals surface area contributed by atoms with Crippen LogP contribution in [0.3, 0.4) is 0 Å². The number of alkyl halides is 1. The SMILES string of the molecule is CC/C=C(\C=C(\Cl)CCl)N=C(N)CNC1(c2ccc(-c3cccc(C#N)c3)cc2)CCN(C2CCCC2)CC1. The highest BCUT2D eigenvalue weighted by Crippen LogP contribution is 2.37. The van der Waals surface area contributed by atoms with E-state index in [-0.39, 0.29) is 11.4 Å². The predicted molar refractivity (Wildman–Crippen MR) is 164 cm³/mol. The van der Waals surface area contributed by atoms with Crippen molar-refractivity contribution in [1.82, 2.24) is 10.2 Å². The van der Waals surface area contributed by atoms with E-state index in [4.69, 9.17) is 28.9 Å². The Hall–Kier alpha value is -2.62. The number of hydrogen-bond acceptors (Lipinski definition) is 4. The molecule has 1 heterocycles. The average molecular weight is 565 g/mol. The third-order valence-electron chi connectivity index (χ3n) is 7.98. The van der Waals surface area contributed by atoms with Crippen LogP contribution in [0, 0.1) is 11.3 Å². The lowest BCUT2D eigenvalue weighted by molar-refractivity contribution is 0.101. The van der Waals surface area contributed by atoms with Crippen LogP contribution in [0.1, 0.15) is 63.0 Å². The van der Waals surface area contributed by atoms with Crippen molar-refractivity contribution in [2.75, 3.05) is 25.5 Å². The zero-order valence-electron chi connectivity index (χ0n) is 22.8. The number of nitrogens with two attached hydrogens (primary N) is 1. The zero-order chi connectivity index (χ0) is 27.7. The van der Waals surface area contributed by atoms with E-state index in [2.05, 4.69) is 52.5 Å². The second kappa shape index (κ2) is 14.1. The summed E-state index contributed by atoms with van der Waals surface area (Å²) in [4.78, 5) is 7.34. The first-order valence-electron chi connectivity index (χ1n) is 14.0. The van der Waals surface area contributed by atoms with Crippen molar-refractivity contribution in [3.8, 4) is 17.2 Å². The number of amidine groups is 1. The zero-order valence-corrected chi connectivity index (χ0v) is 24.3. The Kier molecular flexibility index (Phi) is 10.6. The summed E-state index contributed by atoms with van der Waals surface area (Å²) in [6.45, 7) is 4.66. The minimum Gasteiger partial charge on any atom is -0.386 e. The number of aliphatic imine (C=N–C) groups is 1. The fourth-order valence-corrected chi connectivity index (χ4v) is 6.06. The molecule has 39 heavy (non-hydrogen) atoms. The summed E-state index contributed by atoms with van der Waals surface area (Å²) >= 11 is 12.0. The quantitative estimate of drug-likeness (QED) is 0.140. The average Bonchev–Trinajstić information content (AvgIpc) is 3.52. The summed E-state index contributed by atoms with van der Waals surface area (Å²) in [5, 5.41) is 13.7. The fraction of sp³-hybridized carbons (Fsp3) is 0.438. The van der Waals surface area contributed by atoms with Gasteiger partial charge in [-0.25, -0.2) is 4.99 Å². The number of halogens is 2. The van der Waals surface area contributed by atoms with Gasteiger partial charge in [0.1, 0.15) is 5.84 Å². The fourth-order valence-electron chi connectivity index (χ4n) is 5.87. The van der Waals surface area contributed by atoms with Gasteiger partial charge in [0.15, 0.2) is 0 Å². The molecule has 5 nitrogen and oxygen atoms in total. The van der Waals surface area contributed by atoms with Crippen LogP contribution < -0.4 is 11.1 Å². The Morgan fingerprint density at radius 3 is 2.51 bits per heavy atom. The second-order valence-corrected chi connectivity index (χ2v) is 11.3. The van der Waals surface area contributed by atoms with E-state index in [1.54, 1.807) is 6.08 Å². The monoisotopic (exact) mass is 563 g/mol. The molecule has 1 aliphatic heterocycles. The van der Waals surface area contributed by atoms with Crippen molar-refractivity contribution in [3.63, 3.8) is 0 Å². The van der Waals surface area contributed by atoms with E-state index < -0.39 is 0 Å². The minimum atomic E-state index is -0.194. The molecule has 0 spiro atoms. The Balaban J connectivity index is 1.56. The molecule has 1 aliphatic carbocycles. The van der Waals surface area contributed by atoms with Crippen LogP contribution in [0.4, 0.5) is 0 Å². The molecule has 0 bridgehead atoms. The molecule has 1 saturated heterocycles. The molecular weight excluding hydrogens is 525 g/mol. The van der Waals surface area contributed by atoms with Crippen LogP contribution in [0.25, 0.3) is 11.1 Å². The first kappa shape index (κ1) is 29.4. The Morgan fingerprint density at radius 2 is 1.87 bits per heavy atom. The van der Waals surface area contributed by atoms with Crippen LogP contribution in [0.2, 0.25) is 0 Å². The molecule has 1 saturated carbocycles. The highest BCUT2D eigenvalue weighted by Gasteiger charge is 2.38. The molecule has 0 radical (unpaired) electrons. The van der Waals surface area contributed by atoms with Crippen molar-refractivity contribution in [2.24, 2.45) is 10.7 Å². The van der Waals surface area contributed by atoms with Gasteiger partial charge in [-0.3, -0.25) is 0 Å². The molecular formula is C32H39Cl2N5. The molecule has 206 valence electrons. The number of nitriles is 1. The maximum Gasteiger partial charge on any atom is 0.114 e. The van der Waals surface area contributed by atoms with Crippen molar-refractivity contribution in [2.45, 2.75) is 63.5 Å². The standard InChI is InChI=1S/C32H39Cl2N5/c1-2-6-29(20-28(34)21-33)38-31(36)23-37-32(15-17-39(18-16-32)30-9-3-4-10-30)27-13-11-25(12-14-27)26-8-5-7-24(19-26)22-35/h5-8,11-14,19-20,30,37H,2-4,9-10,15-18,21,23H2,1H3,(H2,36,38)/b28-20+,29-6+. The van der Waals surface area contributed by atoms with Crippen LogP contribution >= 0.6 is 23.2 Å². The van der Waals surface area contributed by atoms with Gasteiger partial charge in [-0.05, 0) is 67.0 Å². The lowest BCUT2D eigenvalue weighted by Crippen LogP contribution is -2.54. The third kappa shape index (κ3) is 7.74. The molecule has 4 rings (SSSR count). The first-order valence-corrected chi connectivity index (χ1v) is 14.9. The summed E-state index contributed by atoms with van der Waals surface area (Å²) in [6.07, 6.45) is 12.0. The minimum absolute atomic E-state index is 0.194. The van der Waals surface area contributed by atoms with Crippen LogP contribution in [-0.2, 0) is 5.54 Å². The maximum absolute atomic E-state index is 9.30. The number of rotatable bonds is 10. The van der Waals surface area contributed by atoms with Gasteiger partial charge in [-0.15, -0.1) is 11.6 Å².